The highest BCUT2D eigenvalue weighted by molar-refractivity contribution is 6.03. The van der Waals surface area contributed by atoms with Crippen LogP contribution in [0, 0.1) is 5.41 Å². The van der Waals surface area contributed by atoms with Crippen molar-refractivity contribution in [2.75, 3.05) is 57.3 Å². The second kappa shape index (κ2) is 15.3. The zero-order valence-electron chi connectivity index (χ0n) is 28.9. The van der Waals surface area contributed by atoms with E-state index in [-0.39, 0.29) is 65.4 Å². The van der Waals surface area contributed by atoms with Crippen molar-refractivity contribution in [2.45, 2.75) is 64.0 Å². The number of carbonyl (C=O) groups is 2. The quantitative estimate of drug-likeness (QED) is 0.106. The number of esters is 1. The summed E-state index contributed by atoms with van der Waals surface area (Å²) >= 11 is 0. The molecule has 4 aromatic heterocycles. The summed E-state index contributed by atoms with van der Waals surface area (Å²) in [7, 11) is 3.62. The molecule has 1 amide bonds. The maximum atomic E-state index is 14.2. The predicted molar refractivity (Wildman–Crippen MR) is 183 cm³/mol. The van der Waals surface area contributed by atoms with Gasteiger partial charge in [0.25, 0.3) is 5.91 Å². The lowest BCUT2D eigenvalue weighted by molar-refractivity contribution is -0.148. The van der Waals surface area contributed by atoms with Crippen LogP contribution in [0.1, 0.15) is 78.7 Å². The maximum Gasteiger partial charge on any atom is 0.418 e. The van der Waals surface area contributed by atoms with Crippen LogP contribution in [0.4, 0.5) is 24.8 Å². The monoisotopic (exact) mass is 709 g/mol. The second-order valence-corrected chi connectivity index (χ2v) is 13.3. The number of hydrogen-bond donors (Lipinski definition) is 2. The van der Waals surface area contributed by atoms with Gasteiger partial charge in [0.05, 0.1) is 42.5 Å². The lowest BCUT2D eigenvalue weighted by atomic mass is 9.86. The summed E-state index contributed by atoms with van der Waals surface area (Å²) in [6.45, 7) is 3.36. The number of ether oxygens (including phenoxy) is 3. The molecule has 0 bridgehead atoms. The molecule has 6 rings (SSSR count). The largest absolute Gasteiger partial charge is 0.464 e. The molecule has 0 aromatic carbocycles. The van der Waals surface area contributed by atoms with E-state index in [4.69, 9.17) is 14.2 Å². The van der Waals surface area contributed by atoms with Crippen LogP contribution in [0.25, 0.3) is 22.4 Å². The van der Waals surface area contributed by atoms with Crippen LogP contribution in [0.2, 0.25) is 0 Å². The summed E-state index contributed by atoms with van der Waals surface area (Å²) < 4.78 is 58.3. The number of rotatable bonds is 15. The first-order valence-electron chi connectivity index (χ1n) is 17.2. The zero-order chi connectivity index (χ0) is 36.2. The fourth-order valence-corrected chi connectivity index (χ4v) is 6.80. The van der Waals surface area contributed by atoms with E-state index in [1.54, 1.807) is 38.4 Å². The first-order chi connectivity index (χ1) is 24.5. The number of amides is 1. The van der Waals surface area contributed by atoms with Gasteiger partial charge in [-0.1, -0.05) is 18.9 Å². The van der Waals surface area contributed by atoms with Gasteiger partial charge >= 0.3 is 12.1 Å². The first kappa shape index (κ1) is 36.2. The van der Waals surface area contributed by atoms with Crippen LogP contribution in [0.15, 0.2) is 36.7 Å². The molecule has 0 spiro atoms. The molecule has 0 unspecified atom stereocenters. The van der Waals surface area contributed by atoms with Gasteiger partial charge in [0.15, 0.2) is 5.65 Å². The number of aromatic nitrogens is 5. The molecule has 2 aliphatic carbocycles. The van der Waals surface area contributed by atoms with E-state index in [0.29, 0.717) is 43.6 Å². The number of halogens is 3. The Morgan fingerprint density at radius 3 is 2.55 bits per heavy atom. The van der Waals surface area contributed by atoms with Crippen molar-refractivity contribution in [3.8, 4) is 11.3 Å². The molecule has 0 atom stereocenters. The molecule has 2 saturated carbocycles. The van der Waals surface area contributed by atoms with Gasteiger partial charge in [-0.25, -0.2) is 9.78 Å². The minimum Gasteiger partial charge on any atom is -0.464 e. The number of anilines is 2. The first-order valence-corrected chi connectivity index (χ1v) is 17.2. The third-order valence-electron chi connectivity index (χ3n) is 9.37. The predicted octanol–water partition coefficient (Wildman–Crippen LogP) is 6.33. The molecule has 0 saturated heterocycles. The van der Waals surface area contributed by atoms with Gasteiger partial charge in [0.1, 0.15) is 17.8 Å². The van der Waals surface area contributed by atoms with Crippen molar-refractivity contribution < 1.29 is 37.0 Å². The number of hydrogen-bond acceptors (Lipinski definition) is 10. The van der Waals surface area contributed by atoms with Gasteiger partial charge in [-0.3, -0.25) is 20.1 Å². The van der Waals surface area contributed by atoms with E-state index < -0.39 is 23.6 Å². The van der Waals surface area contributed by atoms with E-state index >= 15 is 0 Å². The summed E-state index contributed by atoms with van der Waals surface area (Å²) in [6.07, 6.45) is 4.46. The molecule has 0 aliphatic heterocycles. The Morgan fingerprint density at radius 1 is 1.10 bits per heavy atom. The Bertz CT molecular complexity index is 1850. The molecule has 2 N–H and O–H groups in total. The Balaban J connectivity index is 1.26. The smallest absolute Gasteiger partial charge is 0.418 e. The molecule has 272 valence electrons. The van der Waals surface area contributed by atoms with Crippen molar-refractivity contribution in [3.05, 3.63) is 59.2 Å². The molecule has 2 fully saturated rings. The second-order valence-electron chi connectivity index (χ2n) is 13.3. The molecular formula is C36H42F3N7O5. The van der Waals surface area contributed by atoms with Crippen molar-refractivity contribution in [1.29, 1.82) is 0 Å². The van der Waals surface area contributed by atoms with Crippen LogP contribution in [0.3, 0.4) is 0 Å². The van der Waals surface area contributed by atoms with Crippen molar-refractivity contribution in [2.24, 2.45) is 5.41 Å². The number of nitrogens with one attached hydrogen (secondary N) is 2. The average molecular weight is 710 g/mol. The number of alkyl halides is 3. The van der Waals surface area contributed by atoms with Crippen LogP contribution < -0.4 is 10.2 Å². The molecule has 4 heterocycles. The highest BCUT2D eigenvalue weighted by atomic mass is 19.4. The lowest BCUT2D eigenvalue weighted by Crippen LogP contribution is -2.37. The Hall–Kier alpha value is -4.63. The number of H-pyrrole nitrogens is 1. The van der Waals surface area contributed by atoms with Crippen LogP contribution in [0.5, 0.6) is 0 Å². The lowest BCUT2D eigenvalue weighted by Gasteiger charge is -2.34. The highest BCUT2D eigenvalue weighted by Crippen LogP contribution is 2.46. The summed E-state index contributed by atoms with van der Waals surface area (Å²) in [4.78, 5) is 47.6. The number of methoxy groups -OCH3 is 1. The number of pyridine rings is 3. The topological polar surface area (TPSA) is 144 Å². The third-order valence-corrected chi connectivity index (χ3v) is 9.37. The summed E-state index contributed by atoms with van der Waals surface area (Å²) in [6, 6.07) is 6.18. The fraction of sp³-hybridized carbons (Fsp3) is 0.500. The average Bonchev–Trinajstić information content (AvgIpc) is 3.72. The van der Waals surface area contributed by atoms with Gasteiger partial charge in [0.2, 0.25) is 5.95 Å². The van der Waals surface area contributed by atoms with Crippen LogP contribution in [-0.2, 0) is 31.6 Å². The minimum absolute atomic E-state index is 0.0705. The molecule has 4 aromatic rings. The molecule has 2 aliphatic rings. The Kier molecular flexibility index (Phi) is 10.9. The number of imidazole rings is 1. The van der Waals surface area contributed by atoms with Crippen molar-refractivity contribution in [1.82, 2.24) is 24.9 Å². The normalized spacial score (nSPS) is 15.6. The summed E-state index contributed by atoms with van der Waals surface area (Å²) in [5.74, 6) is -1.03. The Morgan fingerprint density at radius 2 is 1.88 bits per heavy atom. The van der Waals surface area contributed by atoms with Gasteiger partial charge in [-0.15, -0.1) is 0 Å². The fourth-order valence-electron chi connectivity index (χ4n) is 6.80. The molecule has 0 radical (unpaired) electrons. The number of aromatic amines is 1. The van der Waals surface area contributed by atoms with Gasteiger partial charge in [-0.2, -0.15) is 18.2 Å². The van der Waals surface area contributed by atoms with E-state index in [2.05, 4.69) is 35.1 Å². The summed E-state index contributed by atoms with van der Waals surface area (Å²) in [5, 5.41) is 2.74. The van der Waals surface area contributed by atoms with E-state index in [1.165, 1.54) is 6.20 Å². The maximum absolute atomic E-state index is 14.2. The van der Waals surface area contributed by atoms with Crippen LogP contribution in [-0.4, -0.2) is 83.9 Å². The summed E-state index contributed by atoms with van der Waals surface area (Å²) in [5.41, 5.74) is 2.10. The molecule has 15 heteroatoms. The SMILES string of the molecule is CCOC(=O)COCCc1ccc(C(=O)Nc2nc3nc(-c4cnc(C5CC5)c(C(F)(F)F)c4)cc(N(C)CC4(COC)CCCC4)c3[nH]2)nc1. The molecule has 51 heavy (non-hydrogen) atoms. The van der Waals surface area contributed by atoms with Crippen LogP contribution >= 0.6 is 0 Å². The number of carbonyl (C=O) groups excluding carboxylic acids is 2. The zero-order valence-corrected chi connectivity index (χ0v) is 28.9. The van der Waals surface area contributed by atoms with Crippen molar-refractivity contribution in [3.63, 3.8) is 0 Å². The standard InChI is InChI=1S/C36H42F3N7O5/c1-4-51-29(47)19-50-14-11-22-7-10-26(40-17-22)33(48)45-34-43-31-28(46(2)20-35(21-49-3)12-5-6-13-35)16-27(42-32(31)44-34)24-15-25(36(37,38)39)30(41-18-24)23-8-9-23/h7,10,15-18,23H,4-6,8-9,11-14,19-21H2,1-3H3,(H2,42,43,44,45,48). The van der Waals surface area contributed by atoms with Gasteiger partial charge in [-0.05, 0) is 62.8 Å². The number of fused-ring (bicyclic) bond motifs is 1. The van der Waals surface area contributed by atoms with Gasteiger partial charge < -0.3 is 24.1 Å². The molecular weight excluding hydrogens is 667 g/mol. The van der Waals surface area contributed by atoms with E-state index in [0.717, 1.165) is 37.3 Å². The Labute approximate surface area is 293 Å². The third kappa shape index (κ3) is 8.64. The highest BCUT2D eigenvalue weighted by Gasteiger charge is 2.40. The minimum atomic E-state index is -4.56. The van der Waals surface area contributed by atoms with Crippen molar-refractivity contribution >= 4 is 34.7 Å². The molecule has 12 nitrogen and oxygen atoms in total. The van der Waals surface area contributed by atoms with Gasteiger partial charge in [0, 0.05) is 50.0 Å². The van der Waals surface area contributed by atoms with E-state index in [1.807, 2.05) is 7.05 Å². The van der Waals surface area contributed by atoms with E-state index in [9.17, 15) is 22.8 Å². The number of nitrogens with zero attached hydrogens (tertiary/aromatic N) is 5.